The van der Waals surface area contributed by atoms with E-state index < -0.39 is 5.97 Å². The highest BCUT2D eigenvalue weighted by Crippen LogP contribution is 2.18. The molecule has 3 rings (SSSR count). The zero-order valence-corrected chi connectivity index (χ0v) is 17.7. The Hall–Kier alpha value is -2.49. The molecule has 0 radical (unpaired) electrons. The molecule has 164 valence electrons. The molecule has 30 heavy (non-hydrogen) atoms. The number of methoxy groups -OCH3 is 1. The van der Waals surface area contributed by atoms with E-state index in [1.165, 1.54) is 7.11 Å². The summed E-state index contributed by atoms with van der Waals surface area (Å²) in [7, 11) is 1.33. The minimum Gasteiger partial charge on any atom is -0.465 e. The van der Waals surface area contributed by atoms with Crippen molar-refractivity contribution in [2.75, 3.05) is 78.0 Å². The smallest absolute Gasteiger partial charge is 0.337 e. The summed E-state index contributed by atoms with van der Waals surface area (Å²) in [6, 6.07) is 5.08. The lowest BCUT2D eigenvalue weighted by Gasteiger charge is -2.36. The molecule has 1 aromatic rings. The van der Waals surface area contributed by atoms with Crippen LogP contribution in [-0.4, -0.2) is 105 Å². The first-order valence-electron chi connectivity index (χ1n) is 10.3. The Bertz CT molecular complexity index is 771. The summed E-state index contributed by atoms with van der Waals surface area (Å²) in [5.41, 5.74) is 1.86. The topological polar surface area (TPSA) is 91.4 Å². The van der Waals surface area contributed by atoms with Crippen molar-refractivity contribution in [2.45, 2.75) is 6.92 Å². The van der Waals surface area contributed by atoms with Gasteiger partial charge < -0.3 is 19.7 Å². The molecule has 9 heteroatoms. The molecular formula is C21H30N4O5. The van der Waals surface area contributed by atoms with Crippen LogP contribution in [0.4, 0.5) is 5.69 Å². The molecule has 2 fully saturated rings. The van der Waals surface area contributed by atoms with Crippen LogP contribution in [0.3, 0.4) is 0 Å². The molecule has 1 N–H and O–H groups in total. The van der Waals surface area contributed by atoms with Crippen molar-refractivity contribution in [2.24, 2.45) is 0 Å². The van der Waals surface area contributed by atoms with E-state index in [9.17, 15) is 14.4 Å². The van der Waals surface area contributed by atoms with Gasteiger partial charge in [-0.25, -0.2) is 4.79 Å². The number of carbonyl (C=O) groups excluding carboxylic acids is 3. The van der Waals surface area contributed by atoms with Crippen molar-refractivity contribution in [1.82, 2.24) is 14.7 Å². The Balaban J connectivity index is 1.45. The maximum absolute atomic E-state index is 12.5. The average molecular weight is 418 g/mol. The van der Waals surface area contributed by atoms with Gasteiger partial charge in [0.05, 0.1) is 39.0 Å². The van der Waals surface area contributed by atoms with Crippen LogP contribution in [0.1, 0.15) is 15.9 Å². The van der Waals surface area contributed by atoms with Gasteiger partial charge in [0.1, 0.15) is 0 Å². The van der Waals surface area contributed by atoms with Crippen molar-refractivity contribution < 1.29 is 23.9 Å². The number of piperazine rings is 1. The number of aryl methyl sites for hydroxylation is 1. The van der Waals surface area contributed by atoms with Gasteiger partial charge in [-0.15, -0.1) is 0 Å². The zero-order chi connectivity index (χ0) is 21.5. The number of nitrogens with zero attached hydrogens (tertiary/aromatic N) is 3. The van der Waals surface area contributed by atoms with Gasteiger partial charge >= 0.3 is 5.97 Å². The highest BCUT2D eigenvalue weighted by molar-refractivity contribution is 5.96. The van der Waals surface area contributed by atoms with Gasteiger partial charge in [0.15, 0.2) is 0 Å². The van der Waals surface area contributed by atoms with E-state index in [4.69, 9.17) is 9.47 Å². The standard InChI is InChI=1S/C21H30N4O5/c1-16-3-4-17(21(28)29-2)13-18(16)22-19(26)14-23-5-7-25(8-6-23)20(27)15-24-9-11-30-12-10-24/h3-4,13H,5-12,14-15H2,1-2H3,(H,22,26). The predicted molar refractivity (Wildman–Crippen MR) is 111 cm³/mol. The molecule has 0 aliphatic carbocycles. The minimum absolute atomic E-state index is 0.135. The lowest BCUT2D eigenvalue weighted by atomic mass is 10.1. The maximum Gasteiger partial charge on any atom is 0.337 e. The lowest BCUT2D eigenvalue weighted by molar-refractivity contribution is -0.135. The van der Waals surface area contributed by atoms with Gasteiger partial charge in [-0.1, -0.05) is 6.07 Å². The van der Waals surface area contributed by atoms with Gasteiger partial charge in [0.2, 0.25) is 11.8 Å². The first-order valence-corrected chi connectivity index (χ1v) is 10.3. The fourth-order valence-corrected chi connectivity index (χ4v) is 3.60. The number of hydrogen-bond acceptors (Lipinski definition) is 7. The number of nitrogens with one attached hydrogen (secondary N) is 1. The van der Waals surface area contributed by atoms with Crippen LogP contribution in [0.15, 0.2) is 18.2 Å². The molecular weight excluding hydrogens is 388 g/mol. The molecule has 1 aromatic carbocycles. The number of benzene rings is 1. The fraction of sp³-hybridized carbons (Fsp3) is 0.571. The predicted octanol–water partition coefficient (Wildman–Crippen LogP) is 0.197. The molecule has 0 unspecified atom stereocenters. The number of ether oxygens (including phenoxy) is 2. The molecule has 2 aliphatic rings. The highest BCUT2D eigenvalue weighted by Gasteiger charge is 2.24. The third kappa shape index (κ3) is 6.01. The Morgan fingerprint density at radius 3 is 2.33 bits per heavy atom. The van der Waals surface area contributed by atoms with Crippen LogP contribution >= 0.6 is 0 Å². The third-order valence-corrected chi connectivity index (χ3v) is 5.49. The van der Waals surface area contributed by atoms with Gasteiger partial charge in [-0.05, 0) is 24.6 Å². The highest BCUT2D eigenvalue weighted by atomic mass is 16.5. The molecule has 2 saturated heterocycles. The van der Waals surface area contributed by atoms with Crippen LogP contribution in [-0.2, 0) is 19.1 Å². The second kappa shape index (κ2) is 10.5. The largest absolute Gasteiger partial charge is 0.465 e. The zero-order valence-electron chi connectivity index (χ0n) is 17.7. The maximum atomic E-state index is 12.5. The minimum atomic E-state index is -0.441. The molecule has 2 aliphatic heterocycles. The summed E-state index contributed by atoms with van der Waals surface area (Å²) in [5.74, 6) is -0.451. The van der Waals surface area contributed by atoms with E-state index in [1.54, 1.807) is 18.2 Å². The van der Waals surface area contributed by atoms with Crippen LogP contribution in [0, 0.1) is 6.92 Å². The van der Waals surface area contributed by atoms with Crippen molar-refractivity contribution in [1.29, 1.82) is 0 Å². The number of amides is 2. The molecule has 2 heterocycles. The van der Waals surface area contributed by atoms with Crippen LogP contribution in [0.2, 0.25) is 0 Å². The first kappa shape index (κ1) is 22.2. The lowest BCUT2D eigenvalue weighted by Crippen LogP contribution is -2.53. The Morgan fingerprint density at radius 2 is 1.67 bits per heavy atom. The molecule has 0 bridgehead atoms. The monoisotopic (exact) mass is 418 g/mol. The second-order valence-corrected chi connectivity index (χ2v) is 7.61. The quantitative estimate of drug-likeness (QED) is 0.660. The summed E-state index contributed by atoms with van der Waals surface area (Å²) in [6.45, 7) is 8.04. The van der Waals surface area contributed by atoms with E-state index >= 15 is 0 Å². The van der Waals surface area contributed by atoms with E-state index in [2.05, 4.69) is 10.2 Å². The van der Waals surface area contributed by atoms with E-state index in [1.807, 2.05) is 16.7 Å². The van der Waals surface area contributed by atoms with Crippen molar-refractivity contribution in [3.05, 3.63) is 29.3 Å². The van der Waals surface area contributed by atoms with E-state index in [0.29, 0.717) is 57.2 Å². The number of esters is 1. The molecule has 9 nitrogen and oxygen atoms in total. The molecule has 2 amide bonds. The summed E-state index contributed by atoms with van der Waals surface area (Å²) in [6.07, 6.45) is 0. The normalized spacial score (nSPS) is 18.1. The van der Waals surface area contributed by atoms with Crippen LogP contribution in [0.25, 0.3) is 0 Å². The average Bonchev–Trinajstić information content (AvgIpc) is 2.76. The van der Waals surface area contributed by atoms with E-state index in [-0.39, 0.29) is 18.4 Å². The van der Waals surface area contributed by atoms with Crippen molar-refractivity contribution >= 4 is 23.5 Å². The number of carbonyl (C=O) groups is 3. The SMILES string of the molecule is COC(=O)c1ccc(C)c(NC(=O)CN2CCN(C(=O)CN3CCOCC3)CC2)c1. The first-order chi connectivity index (χ1) is 14.5. The molecule has 0 aromatic heterocycles. The van der Waals surface area contributed by atoms with Gasteiger partial charge in [-0.3, -0.25) is 19.4 Å². The Morgan fingerprint density at radius 1 is 1.00 bits per heavy atom. The van der Waals surface area contributed by atoms with E-state index in [0.717, 1.165) is 18.7 Å². The van der Waals surface area contributed by atoms with Crippen LogP contribution < -0.4 is 5.32 Å². The molecule has 0 atom stereocenters. The Labute approximate surface area is 176 Å². The number of morpholine rings is 1. The number of hydrogen-bond donors (Lipinski definition) is 1. The van der Waals surface area contributed by atoms with Crippen molar-refractivity contribution in [3.8, 4) is 0 Å². The molecule has 0 saturated carbocycles. The number of rotatable bonds is 6. The Kier molecular flexibility index (Phi) is 7.78. The second-order valence-electron chi connectivity index (χ2n) is 7.61. The van der Waals surface area contributed by atoms with Crippen molar-refractivity contribution in [3.63, 3.8) is 0 Å². The van der Waals surface area contributed by atoms with Gasteiger partial charge in [-0.2, -0.15) is 0 Å². The summed E-state index contributed by atoms with van der Waals surface area (Å²) in [5, 5.41) is 2.88. The third-order valence-electron chi connectivity index (χ3n) is 5.49. The molecule has 0 spiro atoms. The summed E-state index contributed by atoms with van der Waals surface area (Å²) in [4.78, 5) is 42.7. The van der Waals surface area contributed by atoms with Gasteiger partial charge in [0.25, 0.3) is 0 Å². The summed E-state index contributed by atoms with van der Waals surface area (Å²) < 4.78 is 10.1. The fourth-order valence-electron chi connectivity index (χ4n) is 3.60. The summed E-state index contributed by atoms with van der Waals surface area (Å²) >= 11 is 0. The number of anilines is 1. The van der Waals surface area contributed by atoms with Gasteiger partial charge in [0, 0.05) is 45.0 Å². The van der Waals surface area contributed by atoms with Crippen LogP contribution in [0.5, 0.6) is 0 Å².